The number of rotatable bonds is 7. The van der Waals surface area contributed by atoms with Crippen molar-refractivity contribution < 1.29 is 23.0 Å². The minimum absolute atomic E-state index is 0.147. The molecule has 3 aromatic rings. The van der Waals surface area contributed by atoms with Gasteiger partial charge in [0.2, 0.25) is 5.89 Å². The fourth-order valence-electron chi connectivity index (χ4n) is 2.42. The molecule has 1 heterocycles. The first kappa shape index (κ1) is 17.5. The topological polar surface area (TPSA) is 78.6 Å². The van der Waals surface area contributed by atoms with Crippen molar-refractivity contribution >= 4 is 5.69 Å². The van der Waals surface area contributed by atoms with Gasteiger partial charge in [-0.15, -0.1) is 10.2 Å². The number of aromatic nitrogens is 2. The van der Waals surface area contributed by atoms with Crippen LogP contribution < -0.4 is 19.5 Å². The summed E-state index contributed by atoms with van der Waals surface area (Å²) in [5.41, 5.74) is 0.922. The van der Waals surface area contributed by atoms with Crippen molar-refractivity contribution in [2.24, 2.45) is 0 Å². The molecule has 0 bridgehead atoms. The minimum atomic E-state index is -0.480. The second-order valence-corrected chi connectivity index (χ2v) is 5.24. The molecule has 26 heavy (non-hydrogen) atoms. The molecule has 0 spiro atoms. The van der Waals surface area contributed by atoms with Gasteiger partial charge in [0, 0.05) is 12.1 Å². The summed E-state index contributed by atoms with van der Waals surface area (Å²) < 4.78 is 35.3. The molecule has 0 fully saturated rings. The third-order valence-corrected chi connectivity index (χ3v) is 3.71. The number of anilines is 1. The maximum atomic E-state index is 14.1. The first-order valence-corrected chi connectivity index (χ1v) is 7.77. The Balaban J connectivity index is 1.76. The van der Waals surface area contributed by atoms with Crippen molar-refractivity contribution in [2.75, 3.05) is 26.6 Å². The van der Waals surface area contributed by atoms with Crippen LogP contribution in [0.4, 0.5) is 10.1 Å². The summed E-state index contributed by atoms with van der Waals surface area (Å²) in [4.78, 5) is 0. The van der Waals surface area contributed by atoms with Crippen LogP contribution in [0.25, 0.3) is 11.5 Å². The Kier molecular flexibility index (Phi) is 5.21. The molecular weight excluding hydrogens is 341 g/mol. The van der Waals surface area contributed by atoms with Gasteiger partial charge in [-0.3, -0.25) is 0 Å². The number of methoxy groups -OCH3 is 3. The highest BCUT2D eigenvalue weighted by molar-refractivity contribution is 5.62. The Bertz CT molecular complexity index is 898. The summed E-state index contributed by atoms with van der Waals surface area (Å²) in [5, 5.41) is 10.9. The van der Waals surface area contributed by atoms with E-state index >= 15 is 0 Å². The molecular formula is C18H18FN3O4. The normalized spacial score (nSPS) is 10.5. The fourth-order valence-corrected chi connectivity index (χ4v) is 2.42. The number of nitrogens with one attached hydrogen (secondary N) is 1. The van der Waals surface area contributed by atoms with Gasteiger partial charge < -0.3 is 23.9 Å². The first-order valence-electron chi connectivity index (χ1n) is 7.77. The highest BCUT2D eigenvalue weighted by atomic mass is 19.1. The average Bonchev–Trinajstić information content (AvgIpc) is 3.15. The van der Waals surface area contributed by atoms with Crippen LogP contribution in [0.3, 0.4) is 0 Å². The molecule has 7 nitrogen and oxygen atoms in total. The quantitative estimate of drug-likeness (QED) is 0.691. The number of ether oxygens (including phenoxy) is 3. The Morgan fingerprint density at radius 2 is 1.65 bits per heavy atom. The first-order chi connectivity index (χ1) is 12.7. The van der Waals surface area contributed by atoms with E-state index in [2.05, 4.69) is 15.5 Å². The molecule has 1 N–H and O–H groups in total. The number of halogens is 1. The van der Waals surface area contributed by atoms with Crippen molar-refractivity contribution in [3.63, 3.8) is 0 Å². The van der Waals surface area contributed by atoms with Crippen LogP contribution in [0.15, 0.2) is 40.8 Å². The number of nitrogens with zero attached hydrogens (tertiary/aromatic N) is 2. The lowest BCUT2D eigenvalue weighted by atomic mass is 10.2. The lowest BCUT2D eigenvalue weighted by molar-refractivity contribution is 0.352. The van der Waals surface area contributed by atoms with E-state index in [0.717, 1.165) is 0 Å². The van der Waals surface area contributed by atoms with E-state index in [9.17, 15) is 4.39 Å². The van der Waals surface area contributed by atoms with Crippen LogP contribution in [0.1, 0.15) is 5.89 Å². The van der Waals surface area contributed by atoms with Gasteiger partial charge in [0.1, 0.15) is 11.6 Å². The molecule has 0 aliphatic heterocycles. The third-order valence-electron chi connectivity index (χ3n) is 3.71. The Morgan fingerprint density at radius 1 is 0.962 bits per heavy atom. The highest BCUT2D eigenvalue weighted by Crippen LogP contribution is 2.33. The Hall–Kier alpha value is -3.29. The second kappa shape index (κ2) is 7.73. The van der Waals surface area contributed by atoms with Crippen LogP contribution in [-0.4, -0.2) is 31.5 Å². The summed E-state index contributed by atoms with van der Waals surface area (Å²) in [7, 11) is 4.50. The van der Waals surface area contributed by atoms with E-state index in [-0.39, 0.29) is 12.2 Å². The van der Waals surface area contributed by atoms with Gasteiger partial charge in [-0.2, -0.15) is 0 Å². The zero-order chi connectivity index (χ0) is 18.5. The van der Waals surface area contributed by atoms with Crippen LogP contribution in [-0.2, 0) is 6.54 Å². The molecule has 8 heteroatoms. The molecule has 0 saturated carbocycles. The maximum Gasteiger partial charge on any atom is 0.251 e. The van der Waals surface area contributed by atoms with E-state index in [1.54, 1.807) is 13.2 Å². The zero-order valence-corrected chi connectivity index (χ0v) is 14.6. The maximum absolute atomic E-state index is 14.1. The molecule has 1 aromatic heterocycles. The molecule has 0 aliphatic carbocycles. The van der Waals surface area contributed by atoms with Crippen LogP contribution >= 0.6 is 0 Å². The predicted octanol–water partition coefficient (Wildman–Crippen LogP) is 3.51. The minimum Gasteiger partial charge on any atom is -0.496 e. The number of para-hydroxylation sites is 1. The van der Waals surface area contributed by atoms with Gasteiger partial charge in [0.25, 0.3) is 5.89 Å². The van der Waals surface area contributed by atoms with Gasteiger partial charge in [0.05, 0.1) is 39.1 Å². The standard InChI is InChI=1S/C18H18FN3O4/c1-23-14-7-5-4-6-11(14)18-22-21-17(26-18)10-20-13-9-16(25-3)15(24-2)8-12(13)19/h4-9,20H,10H2,1-3H3. The molecule has 2 aromatic carbocycles. The molecule has 3 rings (SSSR count). The van der Waals surface area contributed by atoms with Crippen LogP contribution in [0, 0.1) is 5.82 Å². The SMILES string of the molecule is COc1cc(F)c(NCc2nnc(-c3ccccc3OC)o2)cc1OC. The lowest BCUT2D eigenvalue weighted by Gasteiger charge is -2.11. The van der Waals surface area contributed by atoms with Gasteiger partial charge >= 0.3 is 0 Å². The molecule has 0 saturated heterocycles. The van der Waals surface area contributed by atoms with Crippen molar-refractivity contribution in [1.29, 1.82) is 0 Å². The smallest absolute Gasteiger partial charge is 0.251 e. The molecule has 0 amide bonds. The summed E-state index contributed by atoms with van der Waals surface area (Å²) in [6.07, 6.45) is 0. The van der Waals surface area contributed by atoms with Crippen LogP contribution in [0.5, 0.6) is 17.2 Å². The molecule has 0 unspecified atom stereocenters. The molecule has 0 aliphatic rings. The van der Waals surface area contributed by atoms with Gasteiger partial charge in [-0.1, -0.05) is 12.1 Å². The van der Waals surface area contributed by atoms with Crippen molar-refractivity contribution in [2.45, 2.75) is 6.54 Å². The van der Waals surface area contributed by atoms with Crippen LogP contribution in [0.2, 0.25) is 0 Å². The summed E-state index contributed by atoms with van der Waals surface area (Å²) in [6.45, 7) is 0.147. The van der Waals surface area contributed by atoms with Crippen molar-refractivity contribution in [1.82, 2.24) is 10.2 Å². The van der Waals surface area contributed by atoms with E-state index < -0.39 is 5.82 Å². The summed E-state index contributed by atoms with van der Waals surface area (Å²) >= 11 is 0. The van der Waals surface area contributed by atoms with Gasteiger partial charge in [-0.25, -0.2) is 4.39 Å². The van der Waals surface area contributed by atoms with Crippen molar-refractivity contribution in [3.05, 3.63) is 48.1 Å². The lowest BCUT2D eigenvalue weighted by Crippen LogP contribution is -2.03. The predicted molar refractivity (Wildman–Crippen MR) is 93.1 cm³/mol. The second-order valence-electron chi connectivity index (χ2n) is 5.24. The summed E-state index contributed by atoms with van der Waals surface area (Å²) in [5.74, 6) is 1.50. The number of benzene rings is 2. The Morgan fingerprint density at radius 3 is 2.38 bits per heavy atom. The third kappa shape index (κ3) is 3.53. The molecule has 136 valence electrons. The molecule has 0 radical (unpaired) electrons. The van der Waals surface area contributed by atoms with E-state index in [4.69, 9.17) is 18.6 Å². The number of hydrogen-bond acceptors (Lipinski definition) is 7. The van der Waals surface area contributed by atoms with Gasteiger partial charge in [-0.05, 0) is 12.1 Å². The fraction of sp³-hybridized carbons (Fsp3) is 0.222. The van der Waals surface area contributed by atoms with E-state index in [1.165, 1.54) is 26.4 Å². The Labute approximate surface area is 149 Å². The van der Waals surface area contributed by atoms with Crippen molar-refractivity contribution in [3.8, 4) is 28.7 Å². The van der Waals surface area contributed by atoms with E-state index in [1.807, 2.05) is 18.2 Å². The zero-order valence-electron chi connectivity index (χ0n) is 14.6. The monoisotopic (exact) mass is 359 g/mol. The largest absolute Gasteiger partial charge is 0.496 e. The summed E-state index contributed by atoms with van der Waals surface area (Å²) in [6, 6.07) is 10.1. The molecule has 0 atom stereocenters. The van der Waals surface area contributed by atoms with E-state index in [0.29, 0.717) is 34.6 Å². The highest BCUT2D eigenvalue weighted by Gasteiger charge is 2.15. The number of hydrogen-bond donors (Lipinski definition) is 1. The average molecular weight is 359 g/mol. The van der Waals surface area contributed by atoms with Gasteiger partial charge in [0.15, 0.2) is 11.5 Å².